The van der Waals surface area contributed by atoms with Crippen LogP contribution >= 0.6 is 0 Å². The van der Waals surface area contributed by atoms with Crippen molar-refractivity contribution in [1.29, 1.82) is 0 Å². The molecule has 4 heteroatoms. The fraction of sp³-hybridized carbons (Fsp3) is 0.588. The summed E-state index contributed by atoms with van der Waals surface area (Å²) < 4.78 is 10.6. The molecule has 0 aromatic heterocycles. The SMILES string of the molecule is COc1cccc(CNC(=O)CC2CCCCC2)c1OC. The van der Waals surface area contributed by atoms with Crippen molar-refractivity contribution in [3.63, 3.8) is 0 Å². The second-order valence-corrected chi connectivity index (χ2v) is 5.64. The van der Waals surface area contributed by atoms with Crippen molar-refractivity contribution in [2.24, 2.45) is 5.92 Å². The lowest BCUT2D eigenvalue weighted by Crippen LogP contribution is -2.26. The molecule has 0 heterocycles. The van der Waals surface area contributed by atoms with E-state index in [1.54, 1.807) is 14.2 Å². The van der Waals surface area contributed by atoms with Crippen LogP contribution in [0, 0.1) is 5.92 Å². The monoisotopic (exact) mass is 291 g/mol. The molecule has 2 rings (SSSR count). The van der Waals surface area contributed by atoms with E-state index >= 15 is 0 Å². The van der Waals surface area contributed by atoms with Gasteiger partial charge in [0.15, 0.2) is 11.5 Å². The largest absolute Gasteiger partial charge is 0.493 e. The zero-order chi connectivity index (χ0) is 15.1. The van der Waals surface area contributed by atoms with Gasteiger partial charge in [-0.25, -0.2) is 0 Å². The smallest absolute Gasteiger partial charge is 0.220 e. The molecule has 4 nitrogen and oxygen atoms in total. The maximum Gasteiger partial charge on any atom is 0.220 e. The molecule has 1 aliphatic rings. The molecule has 21 heavy (non-hydrogen) atoms. The van der Waals surface area contributed by atoms with Gasteiger partial charge in [0.2, 0.25) is 5.91 Å². The molecule has 0 unspecified atom stereocenters. The predicted molar refractivity (Wildman–Crippen MR) is 82.6 cm³/mol. The average Bonchev–Trinajstić information content (AvgIpc) is 2.53. The lowest BCUT2D eigenvalue weighted by Gasteiger charge is -2.21. The number of methoxy groups -OCH3 is 2. The number of nitrogens with one attached hydrogen (secondary N) is 1. The lowest BCUT2D eigenvalue weighted by molar-refractivity contribution is -0.122. The van der Waals surface area contributed by atoms with Crippen LogP contribution in [0.25, 0.3) is 0 Å². The third-order valence-corrected chi connectivity index (χ3v) is 4.16. The summed E-state index contributed by atoms with van der Waals surface area (Å²) >= 11 is 0. The van der Waals surface area contributed by atoms with Gasteiger partial charge in [-0.15, -0.1) is 0 Å². The van der Waals surface area contributed by atoms with Crippen molar-refractivity contribution >= 4 is 5.91 Å². The maximum absolute atomic E-state index is 12.1. The van der Waals surface area contributed by atoms with Gasteiger partial charge in [-0.2, -0.15) is 0 Å². The van der Waals surface area contributed by atoms with E-state index in [0.717, 1.165) is 5.56 Å². The molecule has 1 aliphatic carbocycles. The van der Waals surface area contributed by atoms with Gasteiger partial charge in [0.25, 0.3) is 0 Å². The first-order valence-corrected chi connectivity index (χ1v) is 7.71. The van der Waals surface area contributed by atoms with Gasteiger partial charge in [0.1, 0.15) is 0 Å². The molecule has 1 aromatic carbocycles. The van der Waals surface area contributed by atoms with Crippen LogP contribution in [0.1, 0.15) is 44.1 Å². The topological polar surface area (TPSA) is 47.6 Å². The van der Waals surface area contributed by atoms with Crippen LogP contribution in [0.3, 0.4) is 0 Å². The zero-order valence-electron chi connectivity index (χ0n) is 13.0. The van der Waals surface area contributed by atoms with Crippen molar-refractivity contribution in [1.82, 2.24) is 5.32 Å². The molecule has 0 aliphatic heterocycles. The maximum atomic E-state index is 12.1. The highest BCUT2D eigenvalue weighted by Gasteiger charge is 2.17. The lowest BCUT2D eigenvalue weighted by atomic mass is 9.87. The molecule has 0 radical (unpaired) electrons. The summed E-state index contributed by atoms with van der Waals surface area (Å²) in [7, 11) is 3.23. The molecule has 1 aromatic rings. The Balaban J connectivity index is 1.88. The minimum Gasteiger partial charge on any atom is -0.493 e. The Morgan fingerprint density at radius 1 is 1.19 bits per heavy atom. The van der Waals surface area contributed by atoms with E-state index in [2.05, 4.69) is 5.32 Å². The summed E-state index contributed by atoms with van der Waals surface area (Å²) in [4.78, 5) is 12.1. The molecule has 0 saturated heterocycles. The molecule has 0 atom stereocenters. The number of rotatable bonds is 6. The van der Waals surface area contributed by atoms with Crippen LogP contribution in [-0.2, 0) is 11.3 Å². The second-order valence-electron chi connectivity index (χ2n) is 5.64. The Labute approximate surface area is 126 Å². The van der Waals surface area contributed by atoms with Crippen LogP contribution < -0.4 is 14.8 Å². The van der Waals surface area contributed by atoms with Crippen LogP contribution in [-0.4, -0.2) is 20.1 Å². The molecule has 116 valence electrons. The van der Waals surface area contributed by atoms with E-state index in [1.165, 1.54) is 32.1 Å². The third-order valence-electron chi connectivity index (χ3n) is 4.16. The molecule has 0 bridgehead atoms. The first-order chi connectivity index (χ1) is 10.2. The van der Waals surface area contributed by atoms with Crippen molar-refractivity contribution in [2.75, 3.05) is 14.2 Å². The standard InChI is InChI=1S/C17H25NO3/c1-20-15-10-6-9-14(17(15)21-2)12-18-16(19)11-13-7-4-3-5-8-13/h6,9-10,13H,3-5,7-8,11-12H2,1-2H3,(H,18,19). The molecular formula is C17H25NO3. The Hall–Kier alpha value is -1.71. The van der Waals surface area contributed by atoms with Crippen molar-refractivity contribution in [3.05, 3.63) is 23.8 Å². The van der Waals surface area contributed by atoms with Crippen molar-refractivity contribution < 1.29 is 14.3 Å². The Morgan fingerprint density at radius 3 is 2.62 bits per heavy atom. The number of para-hydroxylation sites is 1. The van der Waals surface area contributed by atoms with Crippen LogP contribution in [0.15, 0.2) is 18.2 Å². The highest BCUT2D eigenvalue weighted by atomic mass is 16.5. The Kier molecular flexibility index (Phi) is 5.90. The second kappa shape index (κ2) is 7.91. The quantitative estimate of drug-likeness (QED) is 0.875. The van der Waals surface area contributed by atoms with Gasteiger partial charge >= 0.3 is 0 Å². The van der Waals surface area contributed by atoms with Crippen LogP contribution in [0.4, 0.5) is 0 Å². The molecule has 1 saturated carbocycles. The van der Waals surface area contributed by atoms with E-state index in [0.29, 0.717) is 30.4 Å². The average molecular weight is 291 g/mol. The number of benzene rings is 1. The van der Waals surface area contributed by atoms with Crippen LogP contribution in [0.2, 0.25) is 0 Å². The van der Waals surface area contributed by atoms with E-state index in [1.807, 2.05) is 18.2 Å². The minimum absolute atomic E-state index is 0.131. The first-order valence-electron chi connectivity index (χ1n) is 7.71. The van der Waals surface area contributed by atoms with Gasteiger partial charge in [-0.1, -0.05) is 31.4 Å². The predicted octanol–water partition coefficient (Wildman–Crippen LogP) is 3.29. The highest BCUT2D eigenvalue weighted by molar-refractivity contribution is 5.76. The number of carbonyl (C=O) groups is 1. The molecule has 1 fully saturated rings. The fourth-order valence-electron chi connectivity index (χ4n) is 3.01. The molecule has 1 amide bonds. The fourth-order valence-corrected chi connectivity index (χ4v) is 3.01. The van der Waals surface area contributed by atoms with Gasteiger partial charge < -0.3 is 14.8 Å². The van der Waals surface area contributed by atoms with E-state index < -0.39 is 0 Å². The number of amides is 1. The van der Waals surface area contributed by atoms with Gasteiger partial charge in [-0.05, 0) is 24.8 Å². The van der Waals surface area contributed by atoms with E-state index in [-0.39, 0.29) is 5.91 Å². The van der Waals surface area contributed by atoms with Crippen LogP contribution in [0.5, 0.6) is 11.5 Å². The number of carbonyl (C=O) groups excluding carboxylic acids is 1. The molecular weight excluding hydrogens is 266 g/mol. The normalized spacial score (nSPS) is 15.5. The first kappa shape index (κ1) is 15.7. The zero-order valence-corrected chi connectivity index (χ0v) is 13.0. The summed E-state index contributed by atoms with van der Waals surface area (Å²) in [6.45, 7) is 0.478. The summed E-state index contributed by atoms with van der Waals surface area (Å²) in [5.74, 6) is 2.08. The third kappa shape index (κ3) is 4.38. The van der Waals surface area contributed by atoms with Gasteiger partial charge in [-0.3, -0.25) is 4.79 Å². The van der Waals surface area contributed by atoms with Crippen molar-refractivity contribution in [3.8, 4) is 11.5 Å². The Morgan fingerprint density at radius 2 is 1.95 bits per heavy atom. The minimum atomic E-state index is 0.131. The Bertz CT molecular complexity index is 467. The van der Waals surface area contributed by atoms with Gasteiger partial charge in [0, 0.05) is 18.5 Å². The summed E-state index contributed by atoms with van der Waals surface area (Å²) in [6, 6.07) is 5.71. The molecule has 1 N–H and O–H groups in total. The number of hydrogen-bond donors (Lipinski definition) is 1. The number of ether oxygens (including phenoxy) is 2. The number of hydrogen-bond acceptors (Lipinski definition) is 3. The van der Waals surface area contributed by atoms with E-state index in [9.17, 15) is 4.79 Å². The van der Waals surface area contributed by atoms with Crippen molar-refractivity contribution in [2.45, 2.75) is 45.1 Å². The summed E-state index contributed by atoms with van der Waals surface area (Å²) in [6.07, 6.45) is 6.88. The summed E-state index contributed by atoms with van der Waals surface area (Å²) in [5, 5.41) is 3.00. The van der Waals surface area contributed by atoms with Gasteiger partial charge in [0.05, 0.1) is 14.2 Å². The van der Waals surface area contributed by atoms with E-state index in [4.69, 9.17) is 9.47 Å². The summed E-state index contributed by atoms with van der Waals surface area (Å²) in [5.41, 5.74) is 0.939. The highest BCUT2D eigenvalue weighted by Crippen LogP contribution is 2.30. The molecule has 0 spiro atoms.